The van der Waals surface area contributed by atoms with Crippen LogP contribution in [0.2, 0.25) is 0 Å². The van der Waals surface area contributed by atoms with Crippen molar-refractivity contribution in [1.29, 1.82) is 0 Å². The molecule has 0 N–H and O–H groups in total. The minimum absolute atomic E-state index is 0.0620. The van der Waals surface area contributed by atoms with E-state index in [9.17, 15) is 9.18 Å². The maximum atomic E-state index is 14.2. The van der Waals surface area contributed by atoms with E-state index in [1.807, 2.05) is 13.0 Å². The van der Waals surface area contributed by atoms with Crippen molar-refractivity contribution in [3.05, 3.63) is 29.6 Å². The Hall–Kier alpha value is -1.38. The zero-order valence-corrected chi connectivity index (χ0v) is 12.2. The molecule has 1 aromatic rings. The fraction of sp³-hybridized carbons (Fsp3) is 0.562. The van der Waals surface area contributed by atoms with E-state index in [1.165, 1.54) is 6.07 Å². The van der Waals surface area contributed by atoms with Gasteiger partial charge in [0.2, 0.25) is 5.91 Å². The van der Waals surface area contributed by atoms with Crippen LogP contribution >= 0.6 is 0 Å². The molecule has 0 saturated heterocycles. The SMILES string of the molecule is CCCC1(C(C)C)C(=O)N(CC)c2c(F)cccc21. The van der Waals surface area contributed by atoms with E-state index in [0.29, 0.717) is 12.2 Å². The van der Waals surface area contributed by atoms with Gasteiger partial charge in [-0.3, -0.25) is 4.79 Å². The summed E-state index contributed by atoms with van der Waals surface area (Å²) in [5.74, 6) is -0.0599. The van der Waals surface area contributed by atoms with Crippen molar-refractivity contribution >= 4 is 11.6 Å². The molecule has 0 radical (unpaired) electrons. The van der Waals surface area contributed by atoms with Crippen molar-refractivity contribution in [2.24, 2.45) is 5.92 Å². The molecule has 0 fully saturated rings. The first-order valence-electron chi connectivity index (χ1n) is 7.11. The Morgan fingerprint density at radius 1 is 1.32 bits per heavy atom. The Bertz CT molecular complexity index is 498. The smallest absolute Gasteiger partial charge is 0.238 e. The maximum Gasteiger partial charge on any atom is 0.238 e. The number of carbonyl (C=O) groups excluding carboxylic acids is 1. The molecule has 0 aliphatic carbocycles. The molecule has 1 amide bonds. The third kappa shape index (κ3) is 1.78. The quantitative estimate of drug-likeness (QED) is 0.807. The van der Waals surface area contributed by atoms with Gasteiger partial charge in [-0.05, 0) is 30.9 Å². The lowest BCUT2D eigenvalue weighted by Gasteiger charge is -2.32. The number of nitrogens with zero attached hydrogens (tertiary/aromatic N) is 1. The fourth-order valence-electron chi connectivity index (χ4n) is 3.39. The number of halogens is 1. The number of benzene rings is 1. The second-order valence-electron chi connectivity index (χ2n) is 5.56. The number of para-hydroxylation sites is 1. The van der Waals surface area contributed by atoms with Gasteiger partial charge in [0, 0.05) is 6.54 Å². The van der Waals surface area contributed by atoms with Crippen LogP contribution in [0, 0.1) is 11.7 Å². The molecular formula is C16H22FNO. The van der Waals surface area contributed by atoms with Gasteiger partial charge in [-0.25, -0.2) is 4.39 Å². The number of hydrogen-bond acceptors (Lipinski definition) is 1. The fourth-order valence-corrected chi connectivity index (χ4v) is 3.39. The second-order valence-corrected chi connectivity index (χ2v) is 5.56. The number of anilines is 1. The Morgan fingerprint density at radius 3 is 2.53 bits per heavy atom. The molecule has 19 heavy (non-hydrogen) atoms. The summed E-state index contributed by atoms with van der Waals surface area (Å²) in [6.07, 6.45) is 1.69. The van der Waals surface area contributed by atoms with Gasteiger partial charge in [0.25, 0.3) is 0 Å². The molecule has 0 spiro atoms. The number of hydrogen-bond donors (Lipinski definition) is 0. The average molecular weight is 263 g/mol. The number of amides is 1. The van der Waals surface area contributed by atoms with Gasteiger partial charge in [0.15, 0.2) is 0 Å². The van der Waals surface area contributed by atoms with Crippen LogP contribution in [0.15, 0.2) is 18.2 Å². The molecule has 1 aliphatic heterocycles. The van der Waals surface area contributed by atoms with E-state index in [4.69, 9.17) is 0 Å². The van der Waals surface area contributed by atoms with E-state index in [1.54, 1.807) is 11.0 Å². The van der Waals surface area contributed by atoms with Crippen LogP contribution in [0.3, 0.4) is 0 Å². The average Bonchev–Trinajstić information content (AvgIpc) is 2.62. The van der Waals surface area contributed by atoms with E-state index in [-0.39, 0.29) is 17.6 Å². The third-order valence-corrected chi connectivity index (χ3v) is 4.31. The van der Waals surface area contributed by atoms with Crippen molar-refractivity contribution in [3.63, 3.8) is 0 Å². The lowest BCUT2D eigenvalue weighted by molar-refractivity contribution is -0.125. The van der Waals surface area contributed by atoms with Crippen molar-refractivity contribution in [2.45, 2.75) is 46.0 Å². The summed E-state index contributed by atoms with van der Waals surface area (Å²) in [4.78, 5) is 14.5. The summed E-state index contributed by atoms with van der Waals surface area (Å²) in [6, 6.07) is 5.08. The molecule has 1 atom stereocenters. The van der Waals surface area contributed by atoms with Crippen LogP contribution in [-0.2, 0) is 10.2 Å². The van der Waals surface area contributed by atoms with E-state index in [2.05, 4.69) is 20.8 Å². The zero-order chi connectivity index (χ0) is 14.2. The summed E-state index contributed by atoms with van der Waals surface area (Å²) < 4.78 is 14.2. The Balaban J connectivity index is 2.71. The molecule has 2 nitrogen and oxygen atoms in total. The number of carbonyl (C=O) groups is 1. The monoisotopic (exact) mass is 263 g/mol. The first-order valence-corrected chi connectivity index (χ1v) is 7.11. The van der Waals surface area contributed by atoms with Crippen LogP contribution in [0.1, 0.15) is 46.1 Å². The Kier molecular flexibility index (Phi) is 3.66. The van der Waals surface area contributed by atoms with Crippen molar-refractivity contribution in [2.75, 3.05) is 11.4 Å². The van der Waals surface area contributed by atoms with Gasteiger partial charge in [-0.1, -0.05) is 39.3 Å². The lowest BCUT2D eigenvalue weighted by atomic mass is 9.69. The van der Waals surface area contributed by atoms with Crippen molar-refractivity contribution < 1.29 is 9.18 Å². The largest absolute Gasteiger partial charge is 0.309 e. The summed E-state index contributed by atoms with van der Waals surface area (Å²) in [6.45, 7) is 8.61. The second kappa shape index (κ2) is 4.95. The van der Waals surface area contributed by atoms with Crippen LogP contribution < -0.4 is 4.90 Å². The molecule has 1 unspecified atom stereocenters. The highest BCUT2D eigenvalue weighted by atomic mass is 19.1. The molecular weight excluding hydrogens is 241 g/mol. The first-order chi connectivity index (χ1) is 9.00. The Morgan fingerprint density at radius 2 is 2.00 bits per heavy atom. The predicted octanol–water partition coefficient (Wildman–Crippen LogP) is 3.89. The lowest BCUT2D eigenvalue weighted by Crippen LogP contribution is -2.44. The van der Waals surface area contributed by atoms with Gasteiger partial charge in [-0.15, -0.1) is 0 Å². The zero-order valence-electron chi connectivity index (χ0n) is 12.2. The van der Waals surface area contributed by atoms with Crippen LogP contribution in [0.25, 0.3) is 0 Å². The van der Waals surface area contributed by atoms with E-state index in [0.717, 1.165) is 18.4 Å². The predicted molar refractivity (Wildman–Crippen MR) is 75.9 cm³/mol. The summed E-state index contributed by atoms with van der Waals surface area (Å²) in [7, 11) is 0. The molecule has 0 saturated carbocycles. The topological polar surface area (TPSA) is 20.3 Å². The van der Waals surface area contributed by atoms with Gasteiger partial charge in [-0.2, -0.15) is 0 Å². The van der Waals surface area contributed by atoms with Crippen LogP contribution in [0.4, 0.5) is 10.1 Å². The molecule has 0 aromatic heterocycles. The highest BCUT2D eigenvalue weighted by Crippen LogP contribution is 2.49. The van der Waals surface area contributed by atoms with Crippen molar-refractivity contribution in [3.8, 4) is 0 Å². The van der Waals surface area contributed by atoms with Crippen molar-refractivity contribution in [1.82, 2.24) is 0 Å². The summed E-state index contributed by atoms with van der Waals surface area (Å²) >= 11 is 0. The maximum absolute atomic E-state index is 14.2. The molecule has 1 heterocycles. The van der Waals surface area contributed by atoms with Crippen LogP contribution in [0.5, 0.6) is 0 Å². The molecule has 3 heteroatoms. The highest BCUT2D eigenvalue weighted by molar-refractivity contribution is 6.08. The summed E-state index contributed by atoms with van der Waals surface area (Å²) in [5, 5.41) is 0. The molecule has 1 aromatic carbocycles. The van der Waals surface area contributed by atoms with E-state index >= 15 is 0 Å². The highest BCUT2D eigenvalue weighted by Gasteiger charge is 2.52. The minimum Gasteiger partial charge on any atom is -0.309 e. The molecule has 1 aliphatic rings. The van der Waals surface area contributed by atoms with E-state index < -0.39 is 5.41 Å². The first kappa shape index (κ1) is 14.0. The van der Waals surface area contributed by atoms with Gasteiger partial charge < -0.3 is 4.90 Å². The third-order valence-electron chi connectivity index (χ3n) is 4.31. The normalized spacial score (nSPS) is 22.2. The van der Waals surface area contributed by atoms with Gasteiger partial charge in [0.05, 0.1) is 11.1 Å². The van der Waals surface area contributed by atoms with Gasteiger partial charge in [0.1, 0.15) is 5.82 Å². The minimum atomic E-state index is -0.553. The molecule has 0 bridgehead atoms. The summed E-state index contributed by atoms with van der Waals surface area (Å²) in [5.41, 5.74) is 0.815. The van der Waals surface area contributed by atoms with Gasteiger partial charge >= 0.3 is 0 Å². The Labute approximate surface area is 114 Å². The molecule has 2 rings (SSSR count). The molecule has 104 valence electrons. The number of rotatable bonds is 4. The number of fused-ring (bicyclic) bond motifs is 1. The standard InChI is InChI=1S/C16H22FNO/c1-5-10-16(11(3)4)12-8-7-9-13(17)14(12)18(6-2)15(16)19/h7-9,11H,5-6,10H2,1-4H3. The van der Waals surface area contributed by atoms with Crippen LogP contribution in [-0.4, -0.2) is 12.5 Å². The number of likely N-dealkylation sites (N-methyl/N-ethyl adjacent to an activating group) is 1.